The van der Waals surface area contributed by atoms with Crippen LogP contribution in [0.3, 0.4) is 0 Å². The van der Waals surface area contributed by atoms with E-state index in [4.69, 9.17) is 5.73 Å². The molecule has 2 aromatic heterocycles. The summed E-state index contributed by atoms with van der Waals surface area (Å²) < 4.78 is 1.57. The summed E-state index contributed by atoms with van der Waals surface area (Å²) >= 11 is 0. The summed E-state index contributed by atoms with van der Waals surface area (Å²) in [6.45, 7) is 3.77. The van der Waals surface area contributed by atoms with E-state index in [-0.39, 0.29) is 0 Å². The lowest BCUT2D eigenvalue weighted by molar-refractivity contribution is 0.100. The van der Waals surface area contributed by atoms with Crippen LogP contribution >= 0.6 is 0 Å². The van der Waals surface area contributed by atoms with Crippen molar-refractivity contribution in [2.24, 2.45) is 5.73 Å². The van der Waals surface area contributed by atoms with Crippen molar-refractivity contribution in [1.29, 1.82) is 0 Å². The SMILES string of the molecule is CCCNCc1cccnc1-n1cc(C(N)=O)cn1. The van der Waals surface area contributed by atoms with Gasteiger partial charge in [0, 0.05) is 24.5 Å². The highest BCUT2D eigenvalue weighted by atomic mass is 16.1. The normalized spacial score (nSPS) is 10.6. The maximum absolute atomic E-state index is 11.1. The van der Waals surface area contributed by atoms with Gasteiger partial charge in [0.2, 0.25) is 0 Å². The Balaban J connectivity index is 2.25. The Morgan fingerprint density at radius 1 is 1.53 bits per heavy atom. The molecule has 0 aliphatic carbocycles. The van der Waals surface area contributed by atoms with Crippen molar-refractivity contribution in [3.63, 3.8) is 0 Å². The number of carbonyl (C=O) groups is 1. The predicted octanol–water partition coefficient (Wildman–Crippen LogP) is 0.866. The van der Waals surface area contributed by atoms with E-state index in [9.17, 15) is 4.79 Å². The average molecular weight is 259 g/mol. The van der Waals surface area contributed by atoms with Gasteiger partial charge in [0.1, 0.15) is 0 Å². The predicted molar refractivity (Wildman–Crippen MR) is 71.9 cm³/mol. The minimum Gasteiger partial charge on any atom is -0.366 e. The Morgan fingerprint density at radius 2 is 2.37 bits per heavy atom. The lowest BCUT2D eigenvalue weighted by Crippen LogP contribution is -2.16. The topological polar surface area (TPSA) is 85.8 Å². The second kappa shape index (κ2) is 6.10. The van der Waals surface area contributed by atoms with Gasteiger partial charge in [-0.3, -0.25) is 4.79 Å². The molecule has 0 unspecified atom stereocenters. The van der Waals surface area contributed by atoms with Crippen molar-refractivity contribution in [2.75, 3.05) is 6.54 Å². The van der Waals surface area contributed by atoms with Crippen LogP contribution in [-0.4, -0.2) is 27.2 Å². The minimum atomic E-state index is -0.493. The summed E-state index contributed by atoms with van der Waals surface area (Å²) in [6, 6.07) is 3.86. The van der Waals surface area contributed by atoms with Gasteiger partial charge in [-0.2, -0.15) is 5.10 Å². The molecule has 0 atom stereocenters. The zero-order chi connectivity index (χ0) is 13.7. The Bertz CT molecular complexity index is 564. The molecule has 2 aromatic rings. The van der Waals surface area contributed by atoms with Gasteiger partial charge in [-0.15, -0.1) is 0 Å². The first-order chi connectivity index (χ1) is 9.22. The van der Waals surface area contributed by atoms with Crippen LogP contribution in [0.25, 0.3) is 5.82 Å². The molecule has 0 bridgehead atoms. The van der Waals surface area contributed by atoms with Crippen LogP contribution in [0.2, 0.25) is 0 Å². The average Bonchev–Trinajstić information content (AvgIpc) is 2.89. The number of nitrogens with two attached hydrogens (primary N) is 1. The van der Waals surface area contributed by atoms with Crippen molar-refractivity contribution in [3.05, 3.63) is 41.9 Å². The highest BCUT2D eigenvalue weighted by Gasteiger charge is 2.09. The van der Waals surface area contributed by atoms with Gasteiger partial charge in [-0.25, -0.2) is 9.67 Å². The molecule has 3 N–H and O–H groups in total. The summed E-state index contributed by atoms with van der Waals surface area (Å²) in [5.74, 6) is 0.214. The third kappa shape index (κ3) is 3.17. The number of primary amides is 1. The second-order valence-corrected chi connectivity index (χ2v) is 4.20. The van der Waals surface area contributed by atoms with Crippen LogP contribution < -0.4 is 11.1 Å². The second-order valence-electron chi connectivity index (χ2n) is 4.20. The van der Waals surface area contributed by atoms with Crippen molar-refractivity contribution >= 4 is 5.91 Å². The van der Waals surface area contributed by atoms with Crippen LogP contribution in [0.15, 0.2) is 30.7 Å². The Labute approximate surface area is 111 Å². The van der Waals surface area contributed by atoms with E-state index in [1.165, 1.54) is 6.20 Å². The van der Waals surface area contributed by atoms with Crippen molar-refractivity contribution < 1.29 is 4.79 Å². The molecule has 0 saturated heterocycles. The Hall–Kier alpha value is -2.21. The third-order valence-electron chi connectivity index (χ3n) is 2.69. The van der Waals surface area contributed by atoms with Gasteiger partial charge in [-0.05, 0) is 19.0 Å². The first-order valence-corrected chi connectivity index (χ1v) is 6.22. The quantitative estimate of drug-likeness (QED) is 0.754. The van der Waals surface area contributed by atoms with Gasteiger partial charge in [-0.1, -0.05) is 13.0 Å². The first-order valence-electron chi connectivity index (χ1n) is 6.22. The third-order valence-corrected chi connectivity index (χ3v) is 2.69. The van der Waals surface area contributed by atoms with E-state index >= 15 is 0 Å². The molecular weight excluding hydrogens is 242 g/mol. The lowest BCUT2D eigenvalue weighted by atomic mass is 10.2. The number of nitrogens with one attached hydrogen (secondary N) is 1. The number of hydrogen-bond acceptors (Lipinski definition) is 4. The van der Waals surface area contributed by atoms with E-state index in [2.05, 4.69) is 22.3 Å². The molecule has 0 aliphatic heterocycles. The molecular formula is C13H17N5O. The standard InChI is InChI=1S/C13H17N5O/c1-2-5-15-7-10-4-3-6-16-13(10)18-9-11(8-17-18)12(14)19/h3-4,6,8-9,15H,2,5,7H2,1H3,(H2,14,19). The summed E-state index contributed by atoms with van der Waals surface area (Å²) in [6.07, 6.45) is 5.81. The molecule has 0 spiro atoms. The monoisotopic (exact) mass is 259 g/mol. The van der Waals surface area contributed by atoms with E-state index in [1.807, 2.05) is 12.1 Å². The van der Waals surface area contributed by atoms with Crippen LogP contribution in [0, 0.1) is 0 Å². The number of nitrogens with zero attached hydrogens (tertiary/aromatic N) is 3. The van der Waals surface area contributed by atoms with E-state index < -0.39 is 5.91 Å². The molecule has 0 aromatic carbocycles. The number of pyridine rings is 1. The zero-order valence-electron chi connectivity index (χ0n) is 10.8. The number of hydrogen-bond donors (Lipinski definition) is 2. The van der Waals surface area contributed by atoms with Gasteiger partial charge in [0.15, 0.2) is 5.82 Å². The van der Waals surface area contributed by atoms with E-state index in [0.29, 0.717) is 17.9 Å². The van der Waals surface area contributed by atoms with E-state index in [1.54, 1.807) is 17.1 Å². The highest BCUT2D eigenvalue weighted by Crippen LogP contribution is 2.11. The fraction of sp³-hybridized carbons (Fsp3) is 0.308. The maximum Gasteiger partial charge on any atom is 0.251 e. The Morgan fingerprint density at radius 3 is 3.05 bits per heavy atom. The Kier molecular flexibility index (Phi) is 4.25. The first kappa shape index (κ1) is 13.2. The van der Waals surface area contributed by atoms with Crippen LogP contribution in [0.5, 0.6) is 0 Å². The van der Waals surface area contributed by atoms with Gasteiger partial charge < -0.3 is 11.1 Å². The molecule has 2 rings (SSSR count). The van der Waals surface area contributed by atoms with Crippen LogP contribution in [0.1, 0.15) is 29.3 Å². The fourth-order valence-corrected chi connectivity index (χ4v) is 1.74. The molecule has 6 heteroatoms. The maximum atomic E-state index is 11.1. The molecule has 0 aliphatic rings. The molecule has 19 heavy (non-hydrogen) atoms. The number of rotatable bonds is 6. The highest BCUT2D eigenvalue weighted by molar-refractivity contribution is 5.92. The van der Waals surface area contributed by atoms with Crippen LogP contribution in [0.4, 0.5) is 0 Å². The van der Waals surface area contributed by atoms with E-state index in [0.717, 1.165) is 18.5 Å². The fourth-order valence-electron chi connectivity index (χ4n) is 1.74. The summed E-state index contributed by atoms with van der Waals surface area (Å²) in [7, 11) is 0. The number of aromatic nitrogens is 3. The summed E-state index contributed by atoms with van der Waals surface area (Å²) in [5.41, 5.74) is 6.61. The van der Waals surface area contributed by atoms with Gasteiger partial charge in [0.25, 0.3) is 5.91 Å². The summed E-state index contributed by atoms with van der Waals surface area (Å²) in [5, 5.41) is 7.44. The summed E-state index contributed by atoms with van der Waals surface area (Å²) in [4.78, 5) is 15.4. The van der Waals surface area contributed by atoms with Crippen molar-refractivity contribution in [2.45, 2.75) is 19.9 Å². The zero-order valence-corrected chi connectivity index (χ0v) is 10.8. The number of carbonyl (C=O) groups excluding carboxylic acids is 1. The lowest BCUT2D eigenvalue weighted by Gasteiger charge is -2.08. The van der Waals surface area contributed by atoms with Crippen LogP contribution in [-0.2, 0) is 6.54 Å². The molecule has 2 heterocycles. The molecule has 100 valence electrons. The molecule has 0 fully saturated rings. The molecule has 1 amide bonds. The van der Waals surface area contributed by atoms with Gasteiger partial charge >= 0.3 is 0 Å². The molecule has 0 radical (unpaired) electrons. The minimum absolute atomic E-state index is 0.373. The van der Waals surface area contributed by atoms with Gasteiger partial charge in [0.05, 0.1) is 11.8 Å². The molecule has 6 nitrogen and oxygen atoms in total. The number of amides is 1. The molecule has 0 saturated carbocycles. The van der Waals surface area contributed by atoms with Crippen molar-refractivity contribution in [1.82, 2.24) is 20.1 Å². The van der Waals surface area contributed by atoms with Crippen molar-refractivity contribution in [3.8, 4) is 5.82 Å². The smallest absolute Gasteiger partial charge is 0.251 e. The largest absolute Gasteiger partial charge is 0.366 e.